The predicted molar refractivity (Wildman–Crippen MR) is 96.8 cm³/mol. The number of ether oxygens (including phenoxy) is 1. The van der Waals surface area contributed by atoms with E-state index in [1.807, 2.05) is 0 Å². The Hall–Kier alpha value is -1.06. The van der Waals surface area contributed by atoms with Gasteiger partial charge >= 0.3 is 0 Å². The zero-order valence-corrected chi connectivity index (χ0v) is 15.6. The molecule has 1 aromatic rings. The third kappa shape index (κ3) is 5.82. The number of rotatable bonds is 8. The van der Waals surface area contributed by atoms with Gasteiger partial charge in [0.25, 0.3) is 0 Å². The highest BCUT2D eigenvalue weighted by Gasteiger charge is 2.20. The van der Waals surface area contributed by atoms with Gasteiger partial charge in [-0.2, -0.15) is 0 Å². The topological polar surface area (TPSA) is 18.1 Å². The molecule has 1 aromatic carbocycles. The number of hydrogen-bond donors (Lipinski definition) is 2. The van der Waals surface area contributed by atoms with Gasteiger partial charge in [0, 0.05) is 0 Å². The number of quaternary nitrogens is 2. The molecular weight excluding hydrogens is 284 g/mol. The molecule has 23 heavy (non-hydrogen) atoms. The number of benzene rings is 1. The van der Waals surface area contributed by atoms with Crippen LogP contribution in [0.1, 0.15) is 50.7 Å². The Bertz CT molecular complexity index is 465. The highest BCUT2D eigenvalue weighted by molar-refractivity contribution is 5.36. The smallest absolute Gasteiger partial charge is 0.127 e. The Morgan fingerprint density at radius 1 is 1.04 bits per heavy atom. The monoisotopic (exact) mass is 320 g/mol. The van der Waals surface area contributed by atoms with Crippen LogP contribution in [0.2, 0.25) is 0 Å². The average Bonchev–Trinajstić information content (AvgIpc) is 2.55. The minimum absolute atomic E-state index is 0.585. The minimum atomic E-state index is 0.585. The molecule has 3 nitrogen and oxygen atoms in total. The van der Waals surface area contributed by atoms with Crippen molar-refractivity contribution in [3.05, 3.63) is 29.3 Å². The summed E-state index contributed by atoms with van der Waals surface area (Å²) in [6.07, 6.45) is 2.44. The lowest BCUT2D eigenvalue weighted by Gasteiger charge is -2.28. The van der Waals surface area contributed by atoms with Gasteiger partial charge in [0.1, 0.15) is 31.9 Å². The van der Waals surface area contributed by atoms with E-state index in [0.717, 1.165) is 12.4 Å². The lowest BCUT2D eigenvalue weighted by molar-refractivity contribution is -1.01. The van der Waals surface area contributed by atoms with E-state index in [1.54, 1.807) is 9.80 Å². The average molecular weight is 321 g/mol. The van der Waals surface area contributed by atoms with E-state index in [1.165, 1.54) is 63.2 Å². The van der Waals surface area contributed by atoms with Crippen LogP contribution in [0.4, 0.5) is 0 Å². The first-order valence-electron chi connectivity index (χ1n) is 9.50. The van der Waals surface area contributed by atoms with E-state index in [0.29, 0.717) is 5.92 Å². The number of aryl methyl sites for hydroxylation is 1. The van der Waals surface area contributed by atoms with Crippen molar-refractivity contribution in [3.63, 3.8) is 0 Å². The molecule has 0 saturated carbocycles. The maximum absolute atomic E-state index is 5.93. The Balaban J connectivity index is 1.61. The Morgan fingerprint density at radius 3 is 2.35 bits per heavy atom. The van der Waals surface area contributed by atoms with Gasteiger partial charge < -0.3 is 14.5 Å². The van der Waals surface area contributed by atoms with Crippen molar-refractivity contribution in [3.8, 4) is 5.75 Å². The molecule has 1 aliphatic heterocycles. The molecule has 0 unspecified atom stereocenters. The van der Waals surface area contributed by atoms with Crippen LogP contribution in [0.5, 0.6) is 5.75 Å². The Kier molecular flexibility index (Phi) is 7.38. The zero-order valence-electron chi connectivity index (χ0n) is 15.6. The predicted octanol–water partition coefficient (Wildman–Crippen LogP) is 1.08. The third-order valence-electron chi connectivity index (χ3n) is 5.22. The molecule has 3 heteroatoms. The summed E-state index contributed by atoms with van der Waals surface area (Å²) >= 11 is 0. The Morgan fingerprint density at radius 2 is 1.74 bits per heavy atom. The number of likely N-dealkylation sites (N-methyl/N-ethyl adjacent to an activating group) is 1. The maximum Gasteiger partial charge on any atom is 0.127 e. The van der Waals surface area contributed by atoms with Gasteiger partial charge in [0.05, 0.1) is 19.7 Å². The molecule has 130 valence electrons. The van der Waals surface area contributed by atoms with Crippen molar-refractivity contribution in [2.24, 2.45) is 0 Å². The molecule has 0 aromatic heterocycles. The summed E-state index contributed by atoms with van der Waals surface area (Å²) in [5.41, 5.74) is 2.77. The number of unbranched alkanes of at least 4 members (excludes halogenated alkanes) is 1. The lowest BCUT2D eigenvalue weighted by atomic mass is 9.98. The first-order chi connectivity index (χ1) is 11.1. The molecule has 1 saturated heterocycles. The van der Waals surface area contributed by atoms with Crippen LogP contribution < -0.4 is 14.5 Å². The lowest BCUT2D eigenvalue weighted by Crippen LogP contribution is -3.28. The van der Waals surface area contributed by atoms with E-state index in [9.17, 15) is 0 Å². The van der Waals surface area contributed by atoms with Crippen molar-refractivity contribution < 1.29 is 14.5 Å². The van der Waals surface area contributed by atoms with Gasteiger partial charge in [-0.15, -0.1) is 0 Å². The van der Waals surface area contributed by atoms with Crippen LogP contribution in [-0.4, -0.2) is 45.9 Å². The van der Waals surface area contributed by atoms with Crippen molar-refractivity contribution in [1.82, 2.24) is 0 Å². The van der Waals surface area contributed by atoms with E-state index >= 15 is 0 Å². The standard InChI is InChI=1S/C20H34N2O/c1-5-21-11-13-22(14-12-21)10-6-7-15-23-19-8-9-20(17(2)3)18(4)16-19/h8-9,16-17H,5-7,10-15H2,1-4H3/p+2. The summed E-state index contributed by atoms with van der Waals surface area (Å²) in [5, 5.41) is 0. The van der Waals surface area contributed by atoms with Crippen LogP contribution in [0.25, 0.3) is 0 Å². The van der Waals surface area contributed by atoms with E-state index < -0.39 is 0 Å². The molecule has 0 bridgehead atoms. The van der Waals surface area contributed by atoms with Gasteiger partial charge in [0.15, 0.2) is 0 Å². The zero-order chi connectivity index (χ0) is 16.7. The molecule has 0 aliphatic carbocycles. The summed E-state index contributed by atoms with van der Waals surface area (Å²) in [6.45, 7) is 17.8. The number of nitrogens with one attached hydrogen (secondary N) is 2. The molecule has 2 rings (SSSR count). The van der Waals surface area contributed by atoms with Gasteiger partial charge in [-0.05, 0) is 55.9 Å². The summed E-state index contributed by atoms with van der Waals surface area (Å²) in [6, 6.07) is 6.53. The summed E-state index contributed by atoms with van der Waals surface area (Å²) in [5.74, 6) is 1.61. The molecule has 0 spiro atoms. The third-order valence-corrected chi connectivity index (χ3v) is 5.22. The molecular formula is C20H36N2O+2. The van der Waals surface area contributed by atoms with Crippen LogP contribution in [0, 0.1) is 6.92 Å². The first-order valence-corrected chi connectivity index (χ1v) is 9.50. The fraction of sp³-hybridized carbons (Fsp3) is 0.700. The van der Waals surface area contributed by atoms with Crippen LogP contribution in [-0.2, 0) is 0 Å². The van der Waals surface area contributed by atoms with Crippen LogP contribution in [0.3, 0.4) is 0 Å². The van der Waals surface area contributed by atoms with Crippen molar-refractivity contribution in [2.75, 3.05) is 45.9 Å². The van der Waals surface area contributed by atoms with Gasteiger partial charge in [-0.1, -0.05) is 19.9 Å². The second-order valence-corrected chi connectivity index (χ2v) is 7.33. The molecule has 0 amide bonds. The molecule has 1 aliphatic rings. The van der Waals surface area contributed by atoms with Gasteiger partial charge in [0.2, 0.25) is 0 Å². The molecule has 0 atom stereocenters. The van der Waals surface area contributed by atoms with Crippen LogP contribution in [0.15, 0.2) is 18.2 Å². The largest absolute Gasteiger partial charge is 0.494 e. The van der Waals surface area contributed by atoms with Crippen molar-refractivity contribution >= 4 is 0 Å². The second kappa shape index (κ2) is 9.29. The van der Waals surface area contributed by atoms with Crippen LogP contribution >= 0.6 is 0 Å². The van der Waals surface area contributed by atoms with Crippen molar-refractivity contribution in [2.45, 2.75) is 46.5 Å². The quantitative estimate of drug-likeness (QED) is 0.686. The van der Waals surface area contributed by atoms with Crippen molar-refractivity contribution in [1.29, 1.82) is 0 Å². The highest BCUT2D eigenvalue weighted by Crippen LogP contribution is 2.23. The summed E-state index contributed by atoms with van der Waals surface area (Å²) in [7, 11) is 0. The maximum atomic E-state index is 5.93. The molecule has 1 heterocycles. The van der Waals surface area contributed by atoms with Gasteiger partial charge in [-0.25, -0.2) is 0 Å². The second-order valence-electron chi connectivity index (χ2n) is 7.33. The van der Waals surface area contributed by atoms with E-state index in [-0.39, 0.29) is 0 Å². The molecule has 2 N–H and O–H groups in total. The highest BCUT2D eigenvalue weighted by atomic mass is 16.5. The number of piperazine rings is 1. The van der Waals surface area contributed by atoms with E-state index in [4.69, 9.17) is 4.74 Å². The Labute approximate surface area is 142 Å². The minimum Gasteiger partial charge on any atom is -0.494 e. The van der Waals surface area contributed by atoms with Gasteiger partial charge in [-0.3, -0.25) is 0 Å². The SMILES string of the molecule is CC[NH+]1CC[NH+](CCCCOc2ccc(C(C)C)c(C)c2)CC1. The fourth-order valence-corrected chi connectivity index (χ4v) is 3.61. The first kappa shape index (κ1) is 18.3. The summed E-state index contributed by atoms with van der Waals surface area (Å²) in [4.78, 5) is 3.57. The molecule has 1 fully saturated rings. The normalized spacial score (nSPS) is 21.6. The molecule has 0 radical (unpaired) electrons. The number of hydrogen-bond acceptors (Lipinski definition) is 1. The van der Waals surface area contributed by atoms with E-state index in [2.05, 4.69) is 45.9 Å². The summed E-state index contributed by atoms with van der Waals surface area (Å²) < 4.78 is 5.93. The fourth-order valence-electron chi connectivity index (χ4n) is 3.61.